The Balaban J connectivity index is 2.36. The summed E-state index contributed by atoms with van der Waals surface area (Å²) in [5.41, 5.74) is 23.2. The van der Waals surface area contributed by atoms with Crippen LogP contribution in [0.2, 0.25) is 0 Å². The van der Waals surface area contributed by atoms with Gasteiger partial charge in [-0.1, -0.05) is 44.2 Å². The summed E-state index contributed by atoms with van der Waals surface area (Å²) in [7, 11) is 0. The van der Waals surface area contributed by atoms with E-state index >= 15 is 0 Å². The van der Waals surface area contributed by atoms with Gasteiger partial charge in [-0.2, -0.15) is 0 Å². The fourth-order valence-electron chi connectivity index (χ4n) is 7.02. The Labute approximate surface area is 381 Å². The first-order valence-corrected chi connectivity index (χ1v) is 22.5. The van der Waals surface area contributed by atoms with Gasteiger partial charge in [0.1, 0.15) is 42.8 Å². The minimum Gasteiger partial charge on any atom is -0.480 e. The molecule has 1 aliphatic heterocycles. The zero-order chi connectivity index (χ0) is 48.3. The van der Waals surface area contributed by atoms with E-state index in [1.54, 1.807) is 30.3 Å². The molecule has 7 amide bonds. The largest absolute Gasteiger partial charge is 0.480 e. The topological polar surface area (TPSA) is 369 Å². The number of nitrogens with one attached hydrogen (secondary N) is 8. The van der Waals surface area contributed by atoms with E-state index in [1.807, 2.05) is 13.8 Å². The summed E-state index contributed by atoms with van der Waals surface area (Å²) in [6.07, 6.45) is 4.04. The molecule has 0 aromatic heterocycles. The highest BCUT2D eigenvalue weighted by atomic mass is 16.4. The molecule has 0 unspecified atom stereocenters. The molecule has 65 heavy (non-hydrogen) atoms. The van der Waals surface area contributed by atoms with Crippen LogP contribution in [0.5, 0.6) is 0 Å². The first-order valence-electron chi connectivity index (χ1n) is 22.5. The number of carboxylic acid groups (broad SMARTS) is 1. The molecule has 0 spiro atoms. The summed E-state index contributed by atoms with van der Waals surface area (Å²) in [5.74, 6) is -6.11. The van der Waals surface area contributed by atoms with E-state index in [0.29, 0.717) is 57.3 Å². The Morgan fingerprint density at radius 3 is 1.68 bits per heavy atom. The highest BCUT2D eigenvalue weighted by molar-refractivity contribution is 5.97. The van der Waals surface area contributed by atoms with E-state index in [1.165, 1.54) is 6.92 Å². The first-order chi connectivity index (χ1) is 30.9. The van der Waals surface area contributed by atoms with Gasteiger partial charge in [0.2, 0.25) is 41.4 Å². The van der Waals surface area contributed by atoms with Gasteiger partial charge in [0.05, 0.1) is 6.04 Å². The highest BCUT2D eigenvalue weighted by Crippen LogP contribution is 2.12. The number of amides is 7. The molecule has 2 rings (SSSR count). The molecule has 0 saturated carbocycles. The Morgan fingerprint density at radius 1 is 0.677 bits per heavy atom. The zero-order valence-electron chi connectivity index (χ0n) is 38.0. The Morgan fingerprint density at radius 2 is 1.18 bits per heavy atom. The molecule has 7 atom stereocenters. The number of unbranched alkanes of at least 4 members (excludes halogenated alkanes) is 2. The van der Waals surface area contributed by atoms with Crippen LogP contribution in [0.1, 0.15) is 97.0 Å². The van der Waals surface area contributed by atoms with Gasteiger partial charge in [0.15, 0.2) is 5.96 Å². The van der Waals surface area contributed by atoms with E-state index in [0.717, 1.165) is 6.42 Å². The molecular formula is C43H73N13O9. The second kappa shape index (κ2) is 30.3. The van der Waals surface area contributed by atoms with Gasteiger partial charge in [-0.3, -0.25) is 43.3 Å². The van der Waals surface area contributed by atoms with Crippen molar-refractivity contribution in [1.82, 2.24) is 42.5 Å². The van der Waals surface area contributed by atoms with Crippen molar-refractivity contribution in [2.24, 2.45) is 33.8 Å². The Bertz CT molecular complexity index is 1720. The fourth-order valence-corrected chi connectivity index (χ4v) is 7.02. The van der Waals surface area contributed by atoms with Crippen molar-refractivity contribution in [3.63, 3.8) is 0 Å². The maximum absolute atomic E-state index is 14.2. The van der Waals surface area contributed by atoms with Gasteiger partial charge >= 0.3 is 5.97 Å². The SMILES string of the molecule is CC(C)C[C@H](NC(=O)[C@H](CCCCN)NC(=O)[C@H](CCCN=C(N)N)NC(=O)[C@H](CCCCN)NC(=O)[C@H](C)NC(=O)[C@@H]1CCCN1)C(=O)N[C@@H](Cc1ccccc1)C(=O)NCC(=O)O. The molecule has 1 aromatic carbocycles. The van der Waals surface area contributed by atoms with E-state index in [-0.39, 0.29) is 62.9 Å². The Hall–Kier alpha value is -5.87. The molecule has 0 radical (unpaired) electrons. The summed E-state index contributed by atoms with van der Waals surface area (Å²) >= 11 is 0. The third kappa shape index (κ3) is 22.1. The van der Waals surface area contributed by atoms with Crippen molar-refractivity contribution < 1.29 is 43.5 Å². The molecule has 1 fully saturated rings. The summed E-state index contributed by atoms with van der Waals surface area (Å²) < 4.78 is 0. The third-order valence-corrected chi connectivity index (χ3v) is 10.5. The Kier molecular flexibility index (Phi) is 25.8. The first kappa shape index (κ1) is 55.3. The van der Waals surface area contributed by atoms with E-state index in [4.69, 9.17) is 28.0 Å². The average Bonchev–Trinajstić information content (AvgIpc) is 3.81. The van der Waals surface area contributed by atoms with Crippen LogP contribution in [-0.2, 0) is 44.8 Å². The lowest BCUT2D eigenvalue weighted by molar-refractivity contribution is -0.138. The van der Waals surface area contributed by atoms with Crippen LogP contribution in [-0.4, -0.2) is 133 Å². The molecule has 0 bridgehead atoms. The molecule has 1 aromatic rings. The lowest BCUT2D eigenvalue weighted by Crippen LogP contribution is -2.60. The summed E-state index contributed by atoms with van der Waals surface area (Å²) in [6.45, 7) is 5.93. The third-order valence-electron chi connectivity index (χ3n) is 10.5. The number of aliphatic carboxylic acids is 1. The number of nitrogens with zero attached hydrogens (tertiary/aromatic N) is 1. The molecule has 1 saturated heterocycles. The van der Waals surface area contributed by atoms with Crippen molar-refractivity contribution in [2.45, 2.75) is 140 Å². The average molecular weight is 916 g/mol. The second-order valence-electron chi connectivity index (χ2n) is 16.6. The summed E-state index contributed by atoms with van der Waals surface area (Å²) in [4.78, 5) is 111. The standard InChI is InChI=1S/C43H73N13O9/c1-26(2)23-33(42(65)56-34(37(60)50-25-35(57)58)24-28-13-5-4-6-14-28)55-41(64)31(16-8-10-20-45)53-40(63)32(18-12-22-49-43(46)47)54-39(62)30(15-7-9-19-44)52-36(59)27(3)51-38(61)29-17-11-21-48-29/h4-6,13-14,26-27,29-34,48H,7-12,15-25,44-45H2,1-3H3,(H,50,60)(H,51,61)(H,52,59)(H,53,63)(H,54,62)(H,55,64)(H,56,65)(H,57,58)(H4,46,47,49)/t27-,29-,30-,31-,32-,33-,34-/m0/s1. The van der Waals surface area contributed by atoms with Crippen molar-refractivity contribution in [3.8, 4) is 0 Å². The fraction of sp³-hybridized carbons (Fsp3) is 0.651. The number of hydrogen-bond donors (Lipinski definition) is 13. The number of carboxylic acids is 1. The lowest BCUT2D eigenvalue weighted by atomic mass is 10.00. The smallest absolute Gasteiger partial charge is 0.322 e. The van der Waals surface area contributed by atoms with Crippen LogP contribution in [0.3, 0.4) is 0 Å². The lowest BCUT2D eigenvalue weighted by Gasteiger charge is -2.28. The molecule has 17 N–H and O–H groups in total. The predicted molar refractivity (Wildman–Crippen MR) is 244 cm³/mol. The second-order valence-corrected chi connectivity index (χ2v) is 16.6. The van der Waals surface area contributed by atoms with E-state index < -0.39 is 90.3 Å². The number of carbonyl (C=O) groups is 8. The monoisotopic (exact) mass is 916 g/mol. The number of hydrogen-bond acceptors (Lipinski definition) is 12. The van der Waals surface area contributed by atoms with Gasteiger partial charge in [-0.05, 0) is 109 Å². The molecule has 22 heteroatoms. The minimum atomic E-state index is -1.27. The normalized spacial score (nSPS) is 16.1. The van der Waals surface area contributed by atoms with Crippen LogP contribution in [0.15, 0.2) is 35.3 Å². The van der Waals surface area contributed by atoms with E-state index in [2.05, 4.69) is 47.5 Å². The quantitative estimate of drug-likeness (QED) is 0.0208. The number of nitrogens with two attached hydrogens (primary N) is 4. The molecule has 1 aliphatic rings. The molecule has 1 heterocycles. The zero-order valence-corrected chi connectivity index (χ0v) is 38.0. The molecular weight excluding hydrogens is 843 g/mol. The van der Waals surface area contributed by atoms with Gasteiger partial charge in [0.25, 0.3) is 0 Å². The van der Waals surface area contributed by atoms with Crippen LogP contribution in [0.4, 0.5) is 0 Å². The van der Waals surface area contributed by atoms with Crippen molar-refractivity contribution in [2.75, 3.05) is 32.7 Å². The van der Waals surface area contributed by atoms with Gasteiger partial charge in [-0.25, -0.2) is 0 Å². The number of carbonyl (C=O) groups excluding carboxylic acids is 7. The number of benzene rings is 1. The van der Waals surface area contributed by atoms with Gasteiger partial charge in [0, 0.05) is 13.0 Å². The van der Waals surface area contributed by atoms with Crippen LogP contribution < -0.4 is 65.5 Å². The van der Waals surface area contributed by atoms with Crippen molar-refractivity contribution in [3.05, 3.63) is 35.9 Å². The van der Waals surface area contributed by atoms with Crippen LogP contribution in [0, 0.1) is 5.92 Å². The number of rotatable bonds is 31. The highest BCUT2D eigenvalue weighted by Gasteiger charge is 2.34. The molecule has 364 valence electrons. The summed E-state index contributed by atoms with van der Waals surface area (Å²) in [6, 6.07) is 1.41. The predicted octanol–water partition coefficient (Wildman–Crippen LogP) is -2.53. The number of guanidine groups is 1. The van der Waals surface area contributed by atoms with Gasteiger partial charge < -0.3 is 70.6 Å². The molecule has 0 aliphatic carbocycles. The van der Waals surface area contributed by atoms with Crippen molar-refractivity contribution in [1.29, 1.82) is 0 Å². The maximum Gasteiger partial charge on any atom is 0.322 e. The van der Waals surface area contributed by atoms with Gasteiger partial charge in [-0.15, -0.1) is 0 Å². The summed E-state index contributed by atoms with van der Waals surface area (Å²) in [5, 5.41) is 30.8. The van der Waals surface area contributed by atoms with Crippen LogP contribution in [0.25, 0.3) is 0 Å². The molecule has 22 nitrogen and oxygen atoms in total. The van der Waals surface area contributed by atoms with E-state index in [9.17, 15) is 38.4 Å². The van der Waals surface area contributed by atoms with Crippen molar-refractivity contribution >= 4 is 53.3 Å². The number of aliphatic imine (C=N–C) groups is 1. The minimum absolute atomic E-state index is 0.0148. The van der Waals surface area contributed by atoms with Crippen LogP contribution >= 0.6 is 0 Å². The maximum atomic E-state index is 14.2.